The first-order valence-electron chi connectivity index (χ1n) is 4.43. The molecular weight excluding hydrogens is 251 g/mol. The van der Waals surface area contributed by atoms with Crippen molar-refractivity contribution in [3.05, 3.63) is 11.9 Å². The number of ether oxygens (including phenoxy) is 1. The molecule has 0 unspecified atom stereocenters. The Bertz CT molecular complexity index is 219. The molecular formula is C10H16BrFO2. The van der Waals surface area contributed by atoms with Gasteiger partial charge in [-0.2, -0.15) is 0 Å². The minimum Gasteiger partial charge on any atom is -0.461 e. The normalized spacial score (nSPS) is 12.8. The van der Waals surface area contributed by atoms with Gasteiger partial charge < -0.3 is 4.74 Å². The summed E-state index contributed by atoms with van der Waals surface area (Å²) in [7, 11) is 0. The SMILES string of the molecule is CC(C)(C)C(=O)OCC(=CF)CCBr. The lowest BCUT2D eigenvalue weighted by atomic mass is 9.97. The molecule has 0 heterocycles. The molecule has 0 aromatic heterocycles. The van der Waals surface area contributed by atoms with E-state index in [1.54, 1.807) is 20.8 Å². The quantitative estimate of drug-likeness (QED) is 0.577. The highest BCUT2D eigenvalue weighted by Crippen LogP contribution is 2.16. The third-order valence-corrected chi connectivity index (χ3v) is 1.97. The number of hydrogen-bond acceptors (Lipinski definition) is 2. The molecule has 0 aromatic carbocycles. The first-order valence-corrected chi connectivity index (χ1v) is 5.55. The molecule has 0 saturated heterocycles. The molecule has 0 aromatic rings. The molecule has 0 radical (unpaired) electrons. The second-order valence-electron chi connectivity index (χ2n) is 4.03. The molecule has 82 valence electrons. The van der Waals surface area contributed by atoms with Gasteiger partial charge in [0.25, 0.3) is 0 Å². The topological polar surface area (TPSA) is 26.3 Å². The summed E-state index contributed by atoms with van der Waals surface area (Å²) in [6.07, 6.45) is 1.05. The first-order chi connectivity index (χ1) is 6.41. The van der Waals surface area contributed by atoms with Crippen molar-refractivity contribution < 1.29 is 13.9 Å². The van der Waals surface area contributed by atoms with Crippen LogP contribution in [-0.4, -0.2) is 17.9 Å². The van der Waals surface area contributed by atoms with Crippen LogP contribution in [0, 0.1) is 5.41 Å². The van der Waals surface area contributed by atoms with Crippen LogP contribution in [0.25, 0.3) is 0 Å². The van der Waals surface area contributed by atoms with Crippen molar-refractivity contribution in [2.45, 2.75) is 27.2 Å². The molecule has 0 rings (SSSR count). The van der Waals surface area contributed by atoms with Crippen LogP contribution in [0.3, 0.4) is 0 Å². The Kier molecular flexibility index (Phi) is 6.00. The van der Waals surface area contributed by atoms with Crippen molar-refractivity contribution in [1.82, 2.24) is 0 Å². The lowest BCUT2D eigenvalue weighted by Crippen LogP contribution is -2.23. The Balaban J connectivity index is 3.99. The number of halogens is 2. The molecule has 2 nitrogen and oxygen atoms in total. The summed E-state index contributed by atoms with van der Waals surface area (Å²) in [6, 6.07) is 0. The van der Waals surface area contributed by atoms with Gasteiger partial charge in [0, 0.05) is 5.33 Å². The van der Waals surface area contributed by atoms with Crippen molar-refractivity contribution in [1.29, 1.82) is 0 Å². The standard InChI is InChI=1S/C10H16BrFO2/c1-10(2,3)9(13)14-7-8(6-12)4-5-11/h6H,4-5,7H2,1-3H3. The van der Waals surface area contributed by atoms with E-state index in [0.717, 1.165) is 0 Å². The van der Waals surface area contributed by atoms with Gasteiger partial charge in [-0.15, -0.1) is 0 Å². The molecule has 0 aliphatic carbocycles. The van der Waals surface area contributed by atoms with Crippen LogP contribution in [0.5, 0.6) is 0 Å². The first kappa shape index (κ1) is 13.6. The Hall–Kier alpha value is -0.380. The number of rotatable bonds is 4. The highest BCUT2D eigenvalue weighted by atomic mass is 79.9. The maximum Gasteiger partial charge on any atom is 0.311 e. The summed E-state index contributed by atoms with van der Waals surface area (Å²) in [4.78, 5) is 11.3. The van der Waals surface area contributed by atoms with Crippen molar-refractivity contribution in [2.75, 3.05) is 11.9 Å². The molecule has 0 atom stereocenters. The van der Waals surface area contributed by atoms with Crippen molar-refractivity contribution in [3.8, 4) is 0 Å². The van der Waals surface area contributed by atoms with E-state index in [0.29, 0.717) is 23.7 Å². The Morgan fingerprint density at radius 2 is 2.07 bits per heavy atom. The number of esters is 1. The van der Waals surface area contributed by atoms with E-state index in [2.05, 4.69) is 15.9 Å². The number of alkyl halides is 1. The monoisotopic (exact) mass is 266 g/mol. The fourth-order valence-electron chi connectivity index (χ4n) is 0.654. The van der Waals surface area contributed by atoms with E-state index in [4.69, 9.17) is 4.74 Å². The summed E-state index contributed by atoms with van der Waals surface area (Å²) in [5, 5.41) is 0.663. The van der Waals surface area contributed by atoms with E-state index in [1.165, 1.54) is 0 Å². The highest BCUT2D eigenvalue weighted by molar-refractivity contribution is 9.09. The number of hydrogen-bond donors (Lipinski definition) is 0. The largest absolute Gasteiger partial charge is 0.461 e. The fourth-order valence-corrected chi connectivity index (χ4v) is 1.16. The van der Waals surface area contributed by atoms with Gasteiger partial charge in [0.1, 0.15) is 6.61 Å². The molecule has 0 spiro atoms. The molecule has 0 aliphatic heterocycles. The molecule has 0 N–H and O–H groups in total. The van der Waals surface area contributed by atoms with Crippen molar-refractivity contribution in [2.24, 2.45) is 5.41 Å². The zero-order chi connectivity index (χ0) is 11.2. The molecule has 14 heavy (non-hydrogen) atoms. The Morgan fingerprint density at radius 3 is 2.43 bits per heavy atom. The van der Waals surface area contributed by atoms with Gasteiger partial charge in [0.15, 0.2) is 0 Å². The van der Waals surface area contributed by atoms with Gasteiger partial charge >= 0.3 is 5.97 Å². The van der Waals surface area contributed by atoms with E-state index in [-0.39, 0.29) is 12.6 Å². The van der Waals surface area contributed by atoms with Gasteiger partial charge in [0.05, 0.1) is 11.7 Å². The summed E-state index contributed by atoms with van der Waals surface area (Å²) >= 11 is 3.19. The maximum atomic E-state index is 12.2. The average Bonchev–Trinajstić information content (AvgIpc) is 2.10. The van der Waals surface area contributed by atoms with E-state index < -0.39 is 5.41 Å². The van der Waals surface area contributed by atoms with Gasteiger partial charge in [-0.1, -0.05) is 15.9 Å². The fraction of sp³-hybridized carbons (Fsp3) is 0.700. The van der Waals surface area contributed by atoms with Crippen LogP contribution in [-0.2, 0) is 9.53 Å². The minimum atomic E-state index is -0.532. The Morgan fingerprint density at radius 1 is 1.50 bits per heavy atom. The molecule has 0 aliphatic rings. The van der Waals surface area contributed by atoms with Gasteiger partial charge in [-0.3, -0.25) is 4.79 Å². The predicted octanol–water partition coefficient (Wildman–Crippen LogP) is 3.21. The second kappa shape index (κ2) is 6.17. The zero-order valence-corrected chi connectivity index (χ0v) is 10.4. The highest BCUT2D eigenvalue weighted by Gasteiger charge is 2.23. The number of carbonyl (C=O) groups excluding carboxylic acids is 1. The van der Waals surface area contributed by atoms with Crippen LogP contribution >= 0.6 is 15.9 Å². The van der Waals surface area contributed by atoms with E-state index in [9.17, 15) is 9.18 Å². The molecule has 0 saturated carbocycles. The summed E-state index contributed by atoms with van der Waals surface area (Å²) in [5.74, 6) is -0.313. The van der Waals surface area contributed by atoms with Crippen LogP contribution in [0.15, 0.2) is 11.9 Å². The minimum absolute atomic E-state index is 0.0399. The third kappa shape index (κ3) is 5.37. The van der Waals surface area contributed by atoms with Gasteiger partial charge in [-0.05, 0) is 32.8 Å². The van der Waals surface area contributed by atoms with Crippen LogP contribution in [0.1, 0.15) is 27.2 Å². The van der Waals surface area contributed by atoms with Crippen LogP contribution in [0.4, 0.5) is 4.39 Å². The lowest BCUT2D eigenvalue weighted by Gasteiger charge is -2.16. The maximum absolute atomic E-state index is 12.2. The van der Waals surface area contributed by atoms with E-state index >= 15 is 0 Å². The van der Waals surface area contributed by atoms with Gasteiger partial charge in [0.2, 0.25) is 0 Å². The molecule has 0 amide bonds. The lowest BCUT2D eigenvalue weighted by molar-refractivity contribution is -0.151. The molecule has 0 bridgehead atoms. The van der Waals surface area contributed by atoms with Crippen molar-refractivity contribution >= 4 is 21.9 Å². The zero-order valence-electron chi connectivity index (χ0n) is 8.77. The predicted molar refractivity (Wildman–Crippen MR) is 58.0 cm³/mol. The van der Waals surface area contributed by atoms with Crippen LogP contribution < -0.4 is 0 Å². The average molecular weight is 267 g/mol. The molecule has 4 heteroatoms. The second-order valence-corrected chi connectivity index (χ2v) is 4.83. The van der Waals surface area contributed by atoms with E-state index in [1.807, 2.05) is 0 Å². The summed E-state index contributed by atoms with van der Waals surface area (Å²) in [5.41, 5.74) is -0.0463. The molecule has 0 fully saturated rings. The van der Waals surface area contributed by atoms with Gasteiger partial charge in [-0.25, -0.2) is 4.39 Å². The summed E-state index contributed by atoms with van der Waals surface area (Å²) < 4.78 is 17.2. The van der Waals surface area contributed by atoms with Crippen LogP contribution in [0.2, 0.25) is 0 Å². The summed E-state index contributed by atoms with van der Waals surface area (Å²) in [6.45, 7) is 5.33. The Labute approximate surface area is 92.6 Å². The number of carbonyl (C=O) groups is 1. The third-order valence-electron chi connectivity index (χ3n) is 1.57. The van der Waals surface area contributed by atoms with Crippen molar-refractivity contribution in [3.63, 3.8) is 0 Å². The smallest absolute Gasteiger partial charge is 0.311 e.